The first-order chi connectivity index (χ1) is 9.85. The Balaban J connectivity index is 2.15. The van der Waals surface area contributed by atoms with Crippen LogP contribution in [0.5, 0.6) is 0 Å². The number of anilines is 1. The lowest BCUT2D eigenvalue weighted by Gasteiger charge is -2.08. The van der Waals surface area contributed by atoms with Crippen LogP contribution in [0, 0.1) is 6.92 Å². The highest BCUT2D eigenvalue weighted by Crippen LogP contribution is 2.13. The molecule has 1 aromatic heterocycles. The third-order valence-electron chi connectivity index (χ3n) is 2.72. The van der Waals surface area contributed by atoms with E-state index in [1.165, 1.54) is 24.4 Å². The molecular weight excluding hydrogens is 292 g/mol. The van der Waals surface area contributed by atoms with Gasteiger partial charge in [-0.3, -0.25) is 9.71 Å². The molecule has 0 spiro atoms. The number of carboxylic acid groups (broad SMARTS) is 1. The number of rotatable bonds is 5. The summed E-state index contributed by atoms with van der Waals surface area (Å²) >= 11 is 0. The number of aromatic carboxylic acids is 1. The minimum Gasteiger partial charge on any atom is -0.478 e. The van der Waals surface area contributed by atoms with Crippen molar-refractivity contribution in [3.8, 4) is 0 Å². The van der Waals surface area contributed by atoms with Gasteiger partial charge < -0.3 is 5.11 Å². The van der Waals surface area contributed by atoms with Crippen LogP contribution in [0.3, 0.4) is 0 Å². The summed E-state index contributed by atoms with van der Waals surface area (Å²) in [7, 11) is -3.63. The SMILES string of the molecule is Cc1ccc(NS(=O)(=O)Cc2cccc(C(=O)O)c2)cn1. The summed E-state index contributed by atoms with van der Waals surface area (Å²) in [6, 6.07) is 9.15. The van der Waals surface area contributed by atoms with Crippen LogP contribution in [-0.4, -0.2) is 24.5 Å². The topological polar surface area (TPSA) is 96.4 Å². The molecule has 0 aliphatic rings. The van der Waals surface area contributed by atoms with E-state index in [0.29, 0.717) is 11.3 Å². The lowest BCUT2D eigenvalue weighted by Crippen LogP contribution is -2.15. The normalized spacial score (nSPS) is 11.1. The van der Waals surface area contributed by atoms with E-state index in [9.17, 15) is 13.2 Å². The monoisotopic (exact) mass is 306 g/mol. The fourth-order valence-corrected chi connectivity index (χ4v) is 2.93. The van der Waals surface area contributed by atoms with Crippen molar-refractivity contribution < 1.29 is 18.3 Å². The first kappa shape index (κ1) is 15.0. The van der Waals surface area contributed by atoms with E-state index >= 15 is 0 Å². The van der Waals surface area contributed by atoms with E-state index in [-0.39, 0.29) is 11.3 Å². The van der Waals surface area contributed by atoms with Gasteiger partial charge in [0.25, 0.3) is 0 Å². The van der Waals surface area contributed by atoms with Gasteiger partial charge in [-0.1, -0.05) is 12.1 Å². The van der Waals surface area contributed by atoms with Gasteiger partial charge >= 0.3 is 5.97 Å². The average molecular weight is 306 g/mol. The zero-order chi connectivity index (χ0) is 15.5. The number of hydrogen-bond donors (Lipinski definition) is 2. The van der Waals surface area contributed by atoms with Gasteiger partial charge in [0.1, 0.15) is 0 Å². The Morgan fingerprint density at radius 2 is 2.05 bits per heavy atom. The van der Waals surface area contributed by atoms with E-state index in [1.807, 2.05) is 0 Å². The van der Waals surface area contributed by atoms with Crippen LogP contribution in [0.2, 0.25) is 0 Å². The zero-order valence-corrected chi connectivity index (χ0v) is 12.1. The number of aromatic nitrogens is 1. The minimum atomic E-state index is -3.63. The number of aryl methyl sites for hydroxylation is 1. The maximum atomic E-state index is 12.0. The summed E-state index contributed by atoms with van der Waals surface area (Å²) in [4.78, 5) is 14.9. The quantitative estimate of drug-likeness (QED) is 0.881. The Hall–Kier alpha value is -2.41. The van der Waals surface area contributed by atoms with E-state index < -0.39 is 16.0 Å². The second-order valence-corrected chi connectivity index (χ2v) is 6.28. The lowest BCUT2D eigenvalue weighted by atomic mass is 10.1. The van der Waals surface area contributed by atoms with E-state index in [2.05, 4.69) is 9.71 Å². The summed E-state index contributed by atoms with van der Waals surface area (Å²) in [5.41, 5.74) is 1.62. The van der Waals surface area contributed by atoms with Gasteiger partial charge in [-0.2, -0.15) is 0 Å². The molecule has 0 aliphatic heterocycles. The predicted molar refractivity (Wildman–Crippen MR) is 78.6 cm³/mol. The van der Waals surface area contributed by atoms with Crippen molar-refractivity contribution in [1.82, 2.24) is 4.98 Å². The molecule has 21 heavy (non-hydrogen) atoms. The third-order valence-corrected chi connectivity index (χ3v) is 3.98. The number of nitrogens with one attached hydrogen (secondary N) is 1. The van der Waals surface area contributed by atoms with Crippen LogP contribution in [0.1, 0.15) is 21.6 Å². The lowest BCUT2D eigenvalue weighted by molar-refractivity contribution is 0.0696. The molecule has 2 rings (SSSR count). The number of benzene rings is 1. The Labute approximate surface area is 122 Å². The van der Waals surface area contributed by atoms with Crippen LogP contribution < -0.4 is 4.72 Å². The van der Waals surface area contributed by atoms with Gasteiger partial charge in [-0.25, -0.2) is 13.2 Å². The van der Waals surface area contributed by atoms with E-state index in [1.54, 1.807) is 25.1 Å². The molecule has 0 atom stereocenters. The van der Waals surface area contributed by atoms with Crippen LogP contribution in [0.15, 0.2) is 42.6 Å². The third kappa shape index (κ3) is 4.28. The average Bonchev–Trinajstić information content (AvgIpc) is 2.41. The van der Waals surface area contributed by atoms with Crippen LogP contribution in [0.4, 0.5) is 5.69 Å². The van der Waals surface area contributed by atoms with Crippen molar-refractivity contribution in [3.63, 3.8) is 0 Å². The molecule has 0 radical (unpaired) electrons. The highest BCUT2D eigenvalue weighted by molar-refractivity contribution is 7.91. The van der Waals surface area contributed by atoms with Crippen molar-refractivity contribution in [1.29, 1.82) is 0 Å². The molecule has 7 heteroatoms. The van der Waals surface area contributed by atoms with Gasteiger partial charge in [0.2, 0.25) is 10.0 Å². The predicted octanol–water partition coefficient (Wildman–Crippen LogP) is 2.03. The summed E-state index contributed by atoms with van der Waals surface area (Å²) < 4.78 is 26.5. The first-order valence-corrected chi connectivity index (χ1v) is 7.76. The van der Waals surface area contributed by atoms with Gasteiger partial charge in [0, 0.05) is 5.69 Å². The smallest absolute Gasteiger partial charge is 0.335 e. The van der Waals surface area contributed by atoms with Gasteiger partial charge in [-0.05, 0) is 36.8 Å². The molecule has 0 bridgehead atoms. The van der Waals surface area contributed by atoms with Crippen molar-refractivity contribution in [2.75, 3.05) is 4.72 Å². The van der Waals surface area contributed by atoms with Crippen molar-refractivity contribution in [3.05, 3.63) is 59.4 Å². The standard InChI is InChI=1S/C14H14N2O4S/c1-10-5-6-13(8-15-10)16-21(19,20)9-11-3-2-4-12(7-11)14(17)18/h2-8,16H,9H2,1H3,(H,17,18). The first-order valence-electron chi connectivity index (χ1n) is 6.11. The summed E-state index contributed by atoms with van der Waals surface area (Å²) in [5, 5.41) is 8.90. The number of carboxylic acids is 1. The van der Waals surface area contributed by atoms with Crippen molar-refractivity contribution in [2.24, 2.45) is 0 Å². The molecule has 2 N–H and O–H groups in total. The number of sulfonamides is 1. The fourth-order valence-electron chi connectivity index (χ4n) is 1.76. The second kappa shape index (κ2) is 5.92. The molecule has 0 amide bonds. The molecule has 0 fully saturated rings. The molecule has 0 saturated carbocycles. The van der Waals surface area contributed by atoms with Crippen molar-refractivity contribution >= 4 is 21.7 Å². The molecule has 110 valence electrons. The Kier molecular flexibility index (Phi) is 4.23. The van der Waals surface area contributed by atoms with Gasteiger partial charge in [0.05, 0.1) is 23.2 Å². The molecule has 1 heterocycles. The van der Waals surface area contributed by atoms with E-state index in [0.717, 1.165) is 5.69 Å². The Morgan fingerprint density at radius 1 is 1.29 bits per heavy atom. The number of hydrogen-bond acceptors (Lipinski definition) is 4. The maximum absolute atomic E-state index is 12.0. The zero-order valence-electron chi connectivity index (χ0n) is 11.3. The minimum absolute atomic E-state index is 0.0553. The molecule has 1 aromatic carbocycles. The van der Waals surface area contributed by atoms with Gasteiger partial charge in [-0.15, -0.1) is 0 Å². The van der Waals surface area contributed by atoms with Crippen LogP contribution in [-0.2, 0) is 15.8 Å². The number of nitrogens with zero attached hydrogens (tertiary/aromatic N) is 1. The maximum Gasteiger partial charge on any atom is 0.335 e. The van der Waals surface area contributed by atoms with Crippen LogP contribution >= 0.6 is 0 Å². The fraction of sp³-hybridized carbons (Fsp3) is 0.143. The number of carbonyl (C=O) groups is 1. The van der Waals surface area contributed by atoms with E-state index in [4.69, 9.17) is 5.11 Å². The van der Waals surface area contributed by atoms with Gasteiger partial charge in [0.15, 0.2) is 0 Å². The molecule has 0 unspecified atom stereocenters. The molecule has 6 nitrogen and oxygen atoms in total. The molecule has 0 aliphatic carbocycles. The van der Waals surface area contributed by atoms with Crippen molar-refractivity contribution in [2.45, 2.75) is 12.7 Å². The molecular formula is C14H14N2O4S. The Morgan fingerprint density at radius 3 is 2.67 bits per heavy atom. The summed E-state index contributed by atoms with van der Waals surface area (Å²) in [6.45, 7) is 1.80. The Bertz CT molecular complexity index is 755. The largest absolute Gasteiger partial charge is 0.478 e. The highest BCUT2D eigenvalue weighted by atomic mass is 32.2. The molecule has 0 saturated heterocycles. The molecule has 2 aromatic rings. The number of pyridine rings is 1. The summed E-state index contributed by atoms with van der Waals surface area (Å²) in [5.74, 6) is -1.40. The van der Waals surface area contributed by atoms with Crippen LogP contribution in [0.25, 0.3) is 0 Å². The second-order valence-electron chi connectivity index (χ2n) is 4.55. The highest BCUT2D eigenvalue weighted by Gasteiger charge is 2.13. The summed E-state index contributed by atoms with van der Waals surface area (Å²) in [6.07, 6.45) is 1.43.